The van der Waals surface area contributed by atoms with Crippen molar-refractivity contribution < 1.29 is 4.79 Å². The quantitative estimate of drug-likeness (QED) is 0.462. The van der Waals surface area contributed by atoms with Crippen molar-refractivity contribution in [3.05, 3.63) is 96.5 Å². The molecule has 0 bridgehead atoms. The second-order valence-electron chi connectivity index (χ2n) is 7.85. The minimum Gasteiger partial charge on any atom is -0.337 e. The molecule has 0 saturated heterocycles. The number of thiophene rings is 1. The van der Waals surface area contributed by atoms with E-state index in [-0.39, 0.29) is 11.5 Å². The highest BCUT2D eigenvalue weighted by Crippen LogP contribution is 2.33. The van der Waals surface area contributed by atoms with Crippen LogP contribution in [0.5, 0.6) is 0 Å². The van der Waals surface area contributed by atoms with Gasteiger partial charge in [0.05, 0.1) is 24.2 Å². The highest BCUT2D eigenvalue weighted by atomic mass is 35.5. The van der Waals surface area contributed by atoms with E-state index in [2.05, 4.69) is 0 Å². The van der Waals surface area contributed by atoms with Crippen molar-refractivity contribution in [3.8, 4) is 5.69 Å². The van der Waals surface area contributed by atoms with Crippen molar-refractivity contribution >= 4 is 39.1 Å². The maximum absolute atomic E-state index is 13.6. The molecule has 32 heavy (non-hydrogen) atoms. The molecule has 0 saturated carbocycles. The van der Waals surface area contributed by atoms with E-state index in [9.17, 15) is 14.4 Å². The average Bonchev–Trinajstić information content (AvgIpc) is 3.16. The zero-order chi connectivity index (χ0) is 22.4. The van der Waals surface area contributed by atoms with Gasteiger partial charge in [-0.15, -0.1) is 11.3 Å². The van der Waals surface area contributed by atoms with Gasteiger partial charge in [0.1, 0.15) is 4.83 Å². The highest BCUT2D eigenvalue weighted by molar-refractivity contribution is 7.18. The Kier molecular flexibility index (Phi) is 5.23. The van der Waals surface area contributed by atoms with Crippen LogP contribution in [-0.4, -0.2) is 26.5 Å². The molecule has 0 atom stereocenters. The molecule has 0 fully saturated rings. The molecule has 2 aromatic carbocycles. The zero-order valence-electron chi connectivity index (χ0n) is 17.4. The molecule has 4 aromatic rings. The van der Waals surface area contributed by atoms with Crippen LogP contribution in [0.1, 0.15) is 22.9 Å². The molecule has 162 valence electrons. The van der Waals surface area contributed by atoms with E-state index in [0.717, 1.165) is 16.0 Å². The van der Waals surface area contributed by atoms with Crippen molar-refractivity contribution in [1.29, 1.82) is 0 Å². The van der Waals surface area contributed by atoms with Crippen molar-refractivity contribution in [2.45, 2.75) is 26.4 Å². The summed E-state index contributed by atoms with van der Waals surface area (Å²) < 4.78 is 2.87. The molecule has 2 aromatic heterocycles. The van der Waals surface area contributed by atoms with Gasteiger partial charge < -0.3 is 4.90 Å². The first-order valence-corrected chi connectivity index (χ1v) is 11.5. The van der Waals surface area contributed by atoms with Crippen LogP contribution >= 0.6 is 22.9 Å². The Balaban J connectivity index is 1.81. The third-order valence-electron chi connectivity index (χ3n) is 5.82. The van der Waals surface area contributed by atoms with Crippen molar-refractivity contribution in [1.82, 2.24) is 14.0 Å². The number of hydrogen-bond acceptors (Lipinski definition) is 4. The van der Waals surface area contributed by atoms with Crippen LogP contribution in [0.4, 0.5) is 0 Å². The van der Waals surface area contributed by atoms with Gasteiger partial charge in [0.2, 0.25) is 5.91 Å². The van der Waals surface area contributed by atoms with E-state index in [4.69, 9.17) is 11.6 Å². The van der Waals surface area contributed by atoms with E-state index >= 15 is 0 Å². The van der Waals surface area contributed by atoms with Gasteiger partial charge in [-0.1, -0.05) is 48.0 Å². The molecule has 6 nitrogen and oxygen atoms in total. The SMILES string of the molecule is CC(=O)N1CCc2c(sc3c2c(=O)n(-c2cccc(Cl)c2)c(=O)n3Cc2ccccc2)C1. The predicted molar refractivity (Wildman–Crippen MR) is 127 cm³/mol. The number of rotatable bonds is 3. The van der Waals surface area contributed by atoms with Crippen LogP contribution in [0.25, 0.3) is 15.9 Å². The fourth-order valence-electron chi connectivity index (χ4n) is 4.22. The van der Waals surface area contributed by atoms with E-state index < -0.39 is 5.69 Å². The first kappa shape index (κ1) is 20.7. The lowest BCUT2D eigenvalue weighted by Crippen LogP contribution is -2.39. The topological polar surface area (TPSA) is 64.3 Å². The molecule has 0 aliphatic carbocycles. The molecule has 1 aliphatic rings. The van der Waals surface area contributed by atoms with Gasteiger partial charge in [-0.25, -0.2) is 9.36 Å². The number of nitrogens with zero attached hydrogens (tertiary/aromatic N) is 3. The molecule has 0 radical (unpaired) electrons. The Morgan fingerprint density at radius 1 is 1.09 bits per heavy atom. The van der Waals surface area contributed by atoms with E-state index in [1.807, 2.05) is 30.3 Å². The Morgan fingerprint density at radius 3 is 2.59 bits per heavy atom. The monoisotopic (exact) mass is 465 g/mol. The maximum atomic E-state index is 13.6. The summed E-state index contributed by atoms with van der Waals surface area (Å²) in [5, 5.41) is 1.01. The normalized spacial score (nSPS) is 13.4. The third kappa shape index (κ3) is 3.47. The van der Waals surface area contributed by atoms with Crippen molar-refractivity contribution in [2.75, 3.05) is 6.54 Å². The summed E-state index contributed by atoms with van der Waals surface area (Å²) in [6.45, 7) is 2.91. The number of fused-ring (bicyclic) bond motifs is 3. The number of hydrogen-bond donors (Lipinski definition) is 0. The van der Waals surface area contributed by atoms with E-state index in [0.29, 0.717) is 47.0 Å². The number of benzene rings is 2. The van der Waals surface area contributed by atoms with Gasteiger partial charge in [0.25, 0.3) is 5.56 Å². The number of carbonyl (C=O) groups is 1. The summed E-state index contributed by atoms with van der Waals surface area (Å²) in [4.78, 5) is 42.6. The first-order valence-electron chi connectivity index (χ1n) is 10.3. The Hall–Kier alpha value is -3.16. The van der Waals surface area contributed by atoms with Crippen LogP contribution in [0.15, 0.2) is 64.2 Å². The molecule has 0 unspecified atom stereocenters. The number of halogens is 1. The summed E-state index contributed by atoms with van der Waals surface area (Å²) in [6.07, 6.45) is 0.587. The lowest BCUT2D eigenvalue weighted by atomic mass is 10.1. The minimum atomic E-state index is -0.407. The highest BCUT2D eigenvalue weighted by Gasteiger charge is 2.27. The molecule has 8 heteroatoms. The summed E-state index contributed by atoms with van der Waals surface area (Å²) in [7, 11) is 0. The summed E-state index contributed by atoms with van der Waals surface area (Å²) in [6, 6.07) is 16.5. The van der Waals surface area contributed by atoms with Crippen LogP contribution in [0, 0.1) is 0 Å². The van der Waals surface area contributed by atoms with Gasteiger partial charge in [0.15, 0.2) is 0 Å². The largest absolute Gasteiger partial charge is 0.337 e. The second-order valence-corrected chi connectivity index (χ2v) is 9.37. The summed E-state index contributed by atoms with van der Waals surface area (Å²) in [5.74, 6) is 0.00567. The van der Waals surface area contributed by atoms with Gasteiger partial charge in [-0.05, 0) is 35.7 Å². The first-order chi connectivity index (χ1) is 15.4. The standard InChI is InChI=1S/C24H20ClN3O3S/c1-15(29)26-11-10-19-20(14-26)32-23-21(19)22(30)28(18-9-5-8-17(25)12-18)24(31)27(23)13-16-6-3-2-4-7-16/h2-9,12H,10-11,13-14H2,1H3. The fourth-order valence-corrected chi connectivity index (χ4v) is 5.75. The van der Waals surface area contributed by atoms with E-state index in [1.165, 1.54) is 15.9 Å². The summed E-state index contributed by atoms with van der Waals surface area (Å²) in [5.41, 5.74) is 1.59. The lowest BCUT2D eigenvalue weighted by Gasteiger charge is -2.25. The Bertz CT molecular complexity index is 1470. The maximum Gasteiger partial charge on any atom is 0.337 e. The minimum absolute atomic E-state index is 0.00567. The second kappa shape index (κ2) is 8.07. The fraction of sp³-hybridized carbons (Fsp3) is 0.208. The number of aromatic nitrogens is 2. The molecular formula is C24H20ClN3O3S. The van der Waals surface area contributed by atoms with E-state index in [1.54, 1.807) is 40.7 Å². The van der Waals surface area contributed by atoms with Crippen molar-refractivity contribution in [2.24, 2.45) is 0 Å². The van der Waals surface area contributed by atoms with Gasteiger partial charge in [-0.2, -0.15) is 0 Å². The van der Waals surface area contributed by atoms with Gasteiger partial charge in [-0.3, -0.25) is 14.2 Å². The summed E-state index contributed by atoms with van der Waals surface area (Å²) >= 11 is 7.60. The van der Waals surface area contributed by atoms with Crippen LogP contribution in [0.2, 0.25) is 5.02 Å². The van der Waals surface area contributed by atoms with Crippen LogP contribution in [-0.2, 0) is 24.3 Å². The van der Waals surface area contributed by atoms with Crippen LogP contribution < -0.4 is 11.2 Å². The number of carbonyl (C=O) groups excluding carboxylic acids is 1. The molecular weight excluding hydrogens is 446 g/mol. The zero-order valence-corrected chi connectivity index (χ0v) is 18.9. The Morgan fingerprint density at radius 2 is 1.88 bits per heavy atom. The van der Waals surface area contributed by atoms with Gasteiger partial charge >= 0.3 is 5.69 Å². The molecule has 1 amide bonds. The Labute approximate surface area is 192 Å². The number of amides is 1. The molecule has 1 aliphatic heterocycles. The lowest BCUT2D eigenvalue weighted by molar-refractivity contribution is -0.129. The molecule has 3 heterocycles. The third-order valence-corrected chi connectivity index (χ3v) is 7.29. The smallest absolute Gasteiger partial charge is 0.337 e. The average molecular weight is 466 g/mol. The van der Waals surface area contributed by atoms with Crippen molar-refractivity contribution in [3.63, 3.8) is 0 Å². The molecule has 0 N–H and O–H groups in total. The predicted octanol–water partition coefficient (Wildman–Crippen LogP) is 3.82. The molecule has 5 rings (SSSR count). The van der Waals surface area contributed by atoms with Crippen LogP contribution in [0.3, 0.4) is 0 Å². The van der Waals surface area contributed by atoms with Gasteiger partial charge in [0, 0.05) is 23.4 Å². The molecule has 0 spiro atoms.